The van der Waals surface area contributed by atoms with Crippen molar-refractivity contribution in [3.05, 3.63) is 54.2 Å². The van der Waals surface area contributed by atoms with E-state index in [1.807, 2.05) is 53.4 Å². The van der Waals surface area contributed by atoms with Gasteiger partial charge in [0.15, 0.2) is 5.69 Å². The molecule has 1 aliphatic rings. The van der Waals surface area contributed by atoms with Crippen molar-refractivity contribution >= 4 is 22.5 Å². The summed E-state index contributed by atoms with van der Waals surface area (Å²) in [7, 11) is 1.64. The fourth-order valence-corrected chi connectivity index (χ4v) is 3.85. The molecule has 0 spiro atoms. The van der Waals surface area contributed by atoms with Crippen LogP contribution in [0.4, 0.5) is 5.82 Å². The van der Waals surface area contributed by atoms with Gasteiger partial charge in [0.25, 0.3) is 0 Å². The van der Waals surface area contributed by atoms with Gasteiger partial charge in [0.2, 0.25) is 5.91 Å². The predicted molar refractivity (Wildman–Crippen MR) is 113 cm³/mol. The lowest BCUT2D eigenvalue weighted by molar-refractivity contribution is -0.129. The molecule has 0 saturated carbocycles. The van der Waals surface area contributed by atoms with Crippen LogP contribution < -0.4 is 9.64 Å². The van der Waals surface area contributed by atoms with E-state index < -0.39 is 0 Å². The molecule has 0 aliphatic carbocycles. The van der Waals surface area contributed by atoms with Gasteiger partial charge in [-0.05, 0) is 29.1 Å². The van der Waals surface area contributed by atoms with Crippen molar-refractivity contribution in [1.82, 2.24) is 9.88 Å². The second-order valence-corrected chi connectivity index (χ2v) is 7.04. The van der Waals surface area contributed by atoms with E-state index in [0.717, 1.165) is 33.5 Å². The molecule has 1 aromatic heterocycles. The molecule has 2 aromatic carbocycles. The molecule has 0 atom stereocenters. The summed E-state index contributed by atoms with van der Waals surface area (Å²) in [4.78, 5) is 20.4. The number of fused-ring (bicyclic) bond motifs is 1. The summed E-state index contributed by atoms with van der Waals surface area (Å²) in [6.45, 7) is 4.26. The van der Waals surface area contributed by atoms with Gasteiger partial charge in [-0.2, -0.15) is 5.26 Å². The minimum atomic E-state index is 0.0874. The number of aromatic nitrogens is 1. The second-order valence-electron chi connectivity index (χ2n) is 7.04. The first-order valence-electron chi connectivity index (χ1n) is 9.60. The van der Waals surface area contributed by atoms with Crippen LogP contribution >= 0.6 is 0 Å². The molecule has 6 nitrogen and oxygen atoms in total. The Labute approximate surface area is 169 Å². The minimum Gasteiger partial charge on any atom is -0.497 e. The highest BCUT2D eigenvalue weighted by Gasteiger charge is 2.24. The number of carbonyl (C=O) groups excluding carboxylic acids is 1. The van der Waals surface area contributed by atoms with Crippen LogP contribution in [0.15, 0.2) is 48.5 Å². The molecule has 1 saturated heterocycles. The quantitative estimate of drug-likeness (QED) is 0.690. The van der Waals surface area contributed by atoms with Crippen LogP contribution in [0.1, 0.15) is 12.6 Å². The molecule has 0 bridgehead atoms. The lowest BCUT2D eigenvalue weighted by Gasteiger charge is -2.35. The van der Waals surface area contributed by atoms with Gasteiger partial charge < -0.3 is 14.5 Å². The van der Waals surface area contributed by atoms with Crippen molar-refractivity contribution in [2.75, 3.05) is 38.2 Å². The Morgan fingerprint density at radius 3 is 2.41 bits per heavy atom. The van der Waals surface area contributed by atoms with E-state index >= 15 is 0 Å². The van der Waals surface area contributed by atoms with E-state index in [4.69, 9.17) is 9.72 Å². The number of hydrogen-bond acceptors (Lipinski definition) is 5. The predicted octanol–water partition coefficient (Wildman–Crippen LogP) is 3.45. The summed E-state index contributed by atoms with van der Waals surface area (Å²) >= 11 is 0. The van der Waals surface area contributed by atoms with Gasteiger partial charge in [-0.25, -0.2) is 4.98 Å². The number of piperazine rings is 1. The average molecular weight is 386 g/mol. The van der Waals surface area contributed by atoms with Gasteiger partial charge in [-0.15, -0.1) is 0 Å². The lowest BCUT2D eigenvalue weighted by Crippen LogP contribution is -2.48. The first kappa shape index (κ1) is 18.8. The molecule has 0 N–H and O–H groups in total. The van der Waals surface area contributed by atoms with Gasteiger partial charge in [0.05, 0.1) is 7.11 Å². The third kappa shape index (κ3) is 3.47. The summed E-state index contributed by atoms with van der Waals surface area (Å²) in [5.74, 6) is 1.60. The highest BCUT2D eigenvalue weighted by molar-refractivity contribution is 6.04. The third-order valence-corrected chi connectivity index (χ3v) is 5.38. The number of benzene rings is 2. The number of pyridine rings is 1. The molecule has 6 heteroatoms. The zero-order valence-electron chi connectivity index (χ0n) is 16.6. The topological polar surface area (TPSA) is 69.5 Å². The van der Waals surface area contributed by atoms with Crippen molar-refractivity contribution in [3.8, 4) is 22.9 Å². The van der Waals surface area contributed by atoms with Crippen molar-refractivity contribution in [1.29, 1.82) is 5.26 Å². The number of nitrogens with zero attached hydrogens (tertiary/aromatic N) is 4. The van der Waals surface area contributed by atoms with Crippen LogP contribution in [0, 0.1) is 11.3 Å². The van der Waals surface area contributed by atoms with E-state index in [1.165, 1.54) is 0 Å². The highest BCUT2D eigenvalue weighted by Crippen LogP contribution is 2.38. The number of methoxy groups -OCH3 is 1. The highest BCUT2D eigenvalue weighted by atomic mass is 16.5. The van der Waals surface area contributed by atoms with Gasteiger partial charge >= 0.3 is 0 Å². The molecule has 146 valence electrons. The molecule has 0 radical (unpaired) electrons. The Bertz CT molecular complexity index is 1100. The van der Waals surface area contributed by atoms with Crippen LogP contribution in [0.3, 0.4) is 0 Å². The lowest BCUT2D eigenvalue weighted by atomic mass is 9.96. The zero-order valence-corrected chi connectivity index (χ0v) is 16.6. The summed E-state index contributed by atoms with van der Waals surface area (Å²) in [5.41, 5.74) is 2.15. The first-order valence-corrected chi connectivity index (χ1v) is 9.60. The zero-order chi connectivity index (χ0) is 20.4. The van der Waals surface area contributed by atoms with Gasteiger partial charge in [0.1, 0.15) is 17.6 Å². The molecular weight excluding hydrogens is 364 g/mol. The van der Waals surface area contributed by atoms with Crippen LogP contribution in [0.2, 0.25) is 0 Å². The summed E-state index contributed by atoms with van der Waals surface area (Å²) < 4.78 is 5.45. The number of carbonyl (C=O) groups is 1. The monoisotopic (exact) mass is 386 g/mol. The van der Waals surface area contributed by atoms with E-state index in [1.54, 1.807) is 14.0 Å². The van der Waals surface area contributed by atoms with Crippen molar-refractivity contribution in [2.24, 2.45) is 0 Å². The van der Waals surface area contributed by atoms with Crippen LogP contribution in [0.5, 0.6) is 5.75 Å². The van der Waals surface area contributed by atoms with Crippen LogP contribution in [-0.4, -0.2) is 49.1 Å². The minimum absolute atomic E-state index is 0.0874. The molecule has 2 heterocycles. The number of ether oxygens (including phenoxy) is 1. The van der Waals surface area contributed by atoms with E-state index in [9.17, 15) is 10.1 Å². The Morgan fingerprint density at radius 1 is 1.07 bits per heavy atom. The van der Waals surface area contributed by atoms with Crippen molar-refractivity contribution in [2.45, 2.75) is 6.92 Å². The Kier molecular flexibility index (Phi) is 5.05. The third-order valence-electron chi connectivity index (χ3n) is 5.38. The summed E-state index contributed by atoms with van der Waals surface area (Å²) in [6, 6.07) is 18.0. The number of amides is 1. The van der Waals surface area contributed by atoms with E-state index in [-0.39, 0.29) is 5.91 Å². The van der Waals surface area contributed by atoms with Gasteiger partial charge in [-0.3, -0.25) is 4.79 Å². The van der Waals surface area contributed by atoms with Crippen LogP contribution in [0.25, 0.3) is 21.9 Å². The van der Waals surface area contributed by atoms with Crippen LogP contribution in [-0.2, 0) is 4.79 Å². The summed E-state index contributed by atoms with van der Waals surface area (Å²) in [6.07, 6.45) is 0. The number of hydrogen-bond donors (Lipinski definition) is 0. The molecule has 1 fully saturated rings. The maximum atomic E-state index is 11.7. The summed E-state index contributed by atoms with van der Waals surface area (Å²) in [5, 5.41) is 11.8. The molecule has 3 aromatic rings. The number of rotatable bonds is 3. The fraction of sp³-hybridized carbons (Fsp3) is 0.261. The van der Waals surface area contributed by atoms with Gasteiger partial charge in [0, 0.05) is 44.1 Å². The maximum absolute atomic E-state index is 11.7. The average Bonchev–Trinajstić information content (AvgIpc) is 2.78. The molecular formula is C23H22N4O2. The van der Waals surface area contributed by atoms with Crippen molar-refractivity contribution < 1.29 is 9.53 Å². The normalized spacial score (nSPS) is 14.0. The standard InChI is InChI=1S/C23H22N4O2/c1-16(28)26-10-12-27(13-11-26)23-19-9-8-18(29-2)14-20(19)22(21(15-24)25-23)17-6-4-3-5-7-17/h3-9,14H,10-13H2,1-2H3. The Hall–Kier alpha value is -3.59. The SMILES string of the molecule is COc1ccc2c(N3CCN(C(C)=O)CC3)nc(C#N)c(-c3ccccc3)c2c1. The van der Waals surface area contributed by atoms with Crippen molar-refractivity contribution in [3.63, 3.8) is 0 Å². The number of anilines is 1. The Morgan fingerprint density at radius 2 is 1.79 bits per heavy atom. The molecule has 1 amide bonds. The molecule has 29 heavy (non-hydrogen) atoms. The molecule has 4 rings (SSSR count). The van der Waals surface area contributed by atoms with E-state index in [0.29, 0.717) is 31.9 Å². The first-order chi connectivity index (χ1) is 14.1. The largest absolute Gasteiger partial charge is 0.497 e. The second kappa shape index (κ2) is 7.80. The molecule has 1 aliphatic heterocycles. The fourth-order valence-electron chi connectivity index (χ4n) is 3.85. The van der Waals surface area contributed by atoms with E-state index in [2.05, 4.69) is 11.0 Å². The van der Waals surface area contributed by atoms with Gasteiger partial charge in [-0.1, -0.05) is 30.3 Å². The maximum Gasteiger partial charge on any atom is 0.219 e. The number of nitriles is 1. The Balaban J connectivity index is 1.89. The molecule has 0 unspecified atom stereocenters. The smallest absolute Gasteiger partial charge is 0.219 e.